The van der Waals surface area contributed by atoms with Crippen molar-refractivity contribution in [1.82, 2.24) is 10.1 Å². The number of aryl methyl sites for hydroxylation is 1. The van der Waals surface area contributed by atoms with E-state index in [1.165, 1.54) is 4.90 Å². The molecular formula is C26H35N2O5Si. The number of fused-ring (bicyclic) bond motifs is 1. The predicted octanol–water partition coefficient (Wildman–Crippen LogP) is 6.77. The lowest BCUT2D eigenvalue weighted by molar-refractivity contribution is 0.0871. The van der Waals surface area contributed by atoms with Gasteiger partial charge < -0.3 is 23.4 Å². The van der Waals surface area contributed by atoms with E-state index >= 15 is 0 Å². The highest BCUT2D eigenvalue weighted by atomic mass is 28.3. The standard InChI is InChI=1S/C26H35N2O5Si/c1-26(2,3)24(33-34(4)5)22-19(21-7-6-16-31-21)10-9-18-20(27-32-23(18)22)11-8-17-12-14-28(15-13-17)25(29)30/h6-7,9-10,16-17,24H,8,11-15H2,1-5H3,(H,29,30). The summed E-state index contributed by atoms with van der Waals surface area (Å²) in [6.45, 7) is 12.1. The van der Waals surface area contributed by atoms with Gasteiger partial charge in [-0.05, 0) is 74.4 Å². The van der Waals surface area contributed by atoms with E-state index in [0.717, 1.165) is 59.2 Å². The summed E-state index contributed by atoms with van der Waals surface area (Å²) in [6, 6.07) is 8.04. The van der Waals surface area contributed by atoms with Crippen LogP contribution in [0.5, 0.6) is 0 Å². The van der Waals surface area contributed by atoms with Gasteiger partial charge in [0.15, 0.2) is 5.58 Å². The van der Waals surface area contributed by atoms with Gasteiger partial charge in [-0.1, -0.05) is 25.9 Å². The quantitative estimate of drug-likeness (QED) is 0.373. The van der Waals surface area contributed by atoms with E-state index in [1.54, 1.807) is 6.26 Å². The number of hydrogen-bond acceptors (Lipinski definition) is 5. The van der Waals surface area contributed by atoms with Crippen molar-refractivity contribution in [3.63, 3.8) is 0 Å². The number of benzene rings is 1. The third kappa shape index (κ3) is 5.23. The summed E-state index contributed by atoms with van der Waals surface area (Å²) < 4.78 is 18.4. The second-order valence-corrected chi connectivity index (χ2v) is 12.6. The van der Waals surface area contributed by atoms with Gasteiger partial charge in [-0.15, -0.1) is 0 Å². The number of carboxylic acid groups (broad SMARTS) is 1. The molecule has 1 fully saturated rings. The molecule has 2 aromatic heterocycles. The molecule has 1 aliphatic heterocycles. The number of aromatic nitrogens is 1. The molecule has 1 saturated heterocycles. The topological polar surface area (TPSA) is 88.9 Å². The number of rotatable bonds is 7. The molecule has 7 nitrogen and oxygen atoms in total. The van der Waals surface area contributed by atoms with Crippen LogP contribution in [0.1, 0.15) is 57.4 Å². The van der Waals surface area contributed by atoms with E-state index in [9.17, 15) is 9.90 Å². The number of carbonyl (C=O) groups is 1. The van der Waals surface area contributed by atoms with Crippen molar-refractivity contribution in [3.05, 3.63) is 41.8 Å². The Kier molecular flexibility index (Phi) is 7.19. The first-order valence-corrected chi connectivity index (χ1v) is 14.5. The molecule has 1 atom stereocenters. The SMILES string of the molecule is C[Si](C)OC(c1c(-c2ccco2)ccc2c(CCC3CCN(C(=O)O)CC3)noc12)C(C)(C)C. The molecule has 3 aromatic rings. The van der Waals surface area contributed by atoms with Crippen LogP contribution in [0.2, 0.25) is 13.1 Å². The molecule has 0 spiro atoms. The zero-order chi connectivity index (χ0) is 24.5. The minimum Gasteiger partial charge on any atom is -0.465 e. The molecule has 1 unspecified atom stereocenters. The van der Waals surface area contributed by atoms with Gasteiger partial charge in [-0.3, -0.25) is 0 Å². The van der Waals surface area contributed by atoms with E-state index in [2.05, 4.69) is 51.2 Å². The molecular weight excluding hydrogens is 448 g/mol. The molecule has 0 bridgehead atoms. The van der Waals surface area contributed by atoms with E-state index in [0.29, 0.717) is 19.0 Å². The van der Waals surface area contributed by atoms with E-state index in [4.69, 9.17) is 13.4 Å². The van der Waals surface area contributed by atoms with E-state index in [-0.39, 0.29) is 11.5 Å². The minimum atomic E-state index is -0.982. The van der Waals surface area contributed by atoms with Crippen molar-refractivity contribution in [2.24, 2.45) is 11.3 Å². The Morgan fingerprint density at radius 2 is 2.00 bits per heavy atom. The highest BCUT2D eigenvalue weighted by molar-refractivity contribution is 6.48. The Labute approximate surface area is 202 Å². The Morgan fingerprint density at radius 1 is 1.26 bits per heavy atom. The smallest absolute Gasteiger partial charge is 0.407 e. The third-order valence-corrected chi connectivity index (χ3v) is 7.32. The second kappa shape index (κ2) is 9.96. The Balaban J connectivity index is 1.66. The second-order valence-electron chi connectivity index (χ2n) is 10.5. The van der Waals surface area contributed by atoms with Crippen LogP contribution in [-0.2, 0) is 10.8 Å². The molecule has 8 heteroatoms. The number of likely N-dealkylation sites (tertiary alicyclic amines) is 1. The van der Waals surface area contributed by atoms with Crippen LogP contribution in [0, 0.1) is 11.3 Å². The summed E-state index contributed by atoms with van der Waals surface area (Å²) in [7, 11) is -0.982. The van der Waals surface area contributed by atoms with Gasteiger partial charge in [0.25, 0.3) is 0 Å². The van der Waals surface area contributed by atoms with Gasteiger partial charge in [-0.2, -0.15) is 0 Å². The maximum Gasteiger partial charge on any atom is 0.407 e. The number of nitrogens with zero attached hydrogens (tertiary/aromatic N) is 2. The first-order chi connectivity index (χ1) is 16.1. The van der Waals surface area contributed by atoms with Crippen LogP contribution in [0.3, 0.4) is 0 Å². The normalized spacial score (nSPS) is 16.5. The van der Waals surface area contributed by atoms with Gasteiger partial charge in [-0.25, -0.2) is 4.79 Å². The van der Waals surface area contributed by atoms with Crippen LogP contribution in [0.4, 0.5) is 4.79 Å². The van der Waals surface area contributed by atoms with E-state index < -0.39 is 15.1 Å². The van der Waals surface area contributed by atoms with Gasteiger partial charge in [0.05, 0.1) is 18.1 Å². The van der Waals surface area contributed by atoms with Crippen LogP contribution >= 0.6 is 0 Å². The lowest BCUT2D eigenvalue weighted by Gasteiger charge is -2.33. The van der Waals surface area contributed by atoms with Gasteiger partial charge in [0.1, 0.15) is 5.76 Å². The molecule has 0 aliphatic carbocycles. The van der Waals surface area contributed by atoms with Crippen molar-refractivity contribution < 1.29 is 23.3 Å². The highest BCUT2D eigenvalue weighted by Gasteiger charge is 2.34. The molecule has 1 aliphatic rings. The number of piperidine rings is 1. The molecule has 4 rings (SSSR count). The summed E-state index contributed by atoms with van der Waals surface area (Å²) in [5.41, 5.74) is 3.55. The average Bonchev–Trinajstić information content (AvgIpc) is 3.45. The number of hydrogen-bond donors (Lipinski definition) is 1. The zero-order valence-corrected chi connectivity index (χ0v) is 21.8. The molecule has 0 saturated carbocycles. The third-order valence-electron chi connectivity index (χ3n) is 6.62. The van der Waals surface area contributed by atoms with Crippen LogP contribution in [-0.4, -0.2) is 43.4 Å². The lowest BCUT2D eigenvalue weighted by atomic mass is 9.81. The summed E-state index contributed by atoms with van der Waals surface area (Å²) in [6.07, 6.45) is 4.28. The van der Waals surface area contributed by atoms with E-state index in [1.807, 2.05) is 12.1 Å². The zero-order valence-electron chi connectivity index (χ0n) is 20.8. The first kappa shape index (κ1) is 24.5. The summed E-state index contributed by atoms with van der Waals surface area (Å²) in [5.74, 6) is 1.29. The Bertz CT molecular complexity index is 1110. The fraction of sp³-hybridized carbons (Fsp3) is 0.538. The monoisotopic (exact) mass is 483 g/mol. The summed E-state index contributed by atoms with van der Waals surface area (Å²) in [4.78, 5) is 12.7. The first-order valence-electron chi connectivity index (χ1n) is 12.0. The van der Waals surface area contributed by atoms with Crippen molar-refractivity contribution in [2.45, 2.75) is 65.7 Å². The predicted molar refractivity (Wildman–Crippen MR) is 133 cm³/mol. The molecule has 1 aromatic carbocycles. The Hall–Kier alpha value is -2.58. The van der Waals surface area contributed by atoms with Crippen molar-refractivity contribution >= 4 is 26.1 Å². The number of furan rings is 1. The van der Waals surface area contributed by atoms with Crippen molar-refractivity contribution in [2.75, 3.05) is 13.1 Å². The van der Waals surface area contributed by atoms with Crippen LogP contribution in [0.25, 0.3) is 22.3 Å². The van der Waals surface area contributed by atoms with Gasteiger partial charge >= 0.3 is 6.09 Å². The molecule has 3 heterocycles. The maximum absolute atomic E-state index is 11.2. The Morgan fingerprint density at radius 3 is 2.59 bits per heavy atom. The largest absolute Gasteiger partial charge is 0.465 e. The molecule has 34 heavy (non-hydrogen) atoms. The fourth-order valence-corrected chi connectivity index (χ4v) is 5.76. The lowest BCUT2D eigenvalue weighted by Crippen LogP contribution is -2.37. The molecule has 1 radical (unpaired) electrons. The maximum atomic E-state index is 11.2. The van der Waals surface area contributed by atoms with Crippen LogP contribution < -0.4 is 0 Å². The van der Waals surface area contributed by atoms with Crippen molar-refractivity contribution in [1.29, 1.82) is 0 Å². The average molecular weight is 484 g/mol. The summed E-state index contributed by atoms with van der Waals surface area (Å²) >= 11 is 0. The van der Waals surface area contributed by atoms with Gasteiger partial charge in [0.2, 0.25) is 9.04 Å². The summed E-state index contributed by atoms with van der Waals surface area (Å²) in [5, 5.41) is 14.7. The highest BCUT2D eigenvalue weighted by Crippen LogP contribution is 2.45. The molecule has 183 valence electrons. The molecule has 1 amide bonds. The fourth-order valence-electron chi connectivity index (χ4n) is 4.82. The van der Waals surface area contributed by atoms with Gasteiger partial charge in [0, 0.05) is 29.6 Å². The minimum absolute atomic E-state index is 0.150. The van der Waals surface area contributed by atoms with Crippen LogP contribution in [0.15, 0.2) is 39.5 Å². The van der Waals surface area contributed by atoms with Crippen molar-refractivity contribution in [3.8, 4) is 11.3 Å². The number of amides is 1. The molecule has 1 N–H and O–H groups in total.